The van der Waals surface area contributed by atoms with Gasteiger partial charge < -0.3 is 10.0 Å². The van der Waals surface area contributed by atoms with Gasteiger partial charge in [-0.05, 0) is 93.0 Å². The SMILES string of the molecule is CC(C)(C)c1ccc(S(=O)(=O)N2CCC3(CC2)CCC(O)(CN2CCCC2)CC3)cc1. The fraction of sp³-hybridized carbons (Fsp3) is 0.760. The first-order valence-corrected chi connectivity index (χ1v) is 13.5. The summed E-state index contributed by atoms with van der Waals surface area (Å²) in [5, 5.41) is 11.1. The van der Waals surface area contributed by atoms with Gasteiger partial charge in [-0.3, -0.25) is 0 Å². The number of hydrogen-bond acceptors (Lipinski definition) is 4. The zero-order valence-electron chi connectivity index (χ0n) is 19.6. The topological polar surface area (TPSA) is 60.9 Å². The van der Waals surface area contributed by atoms with Gasteiger partial charge in [-0.1, -0.05) is 32.9 Å². The lowest BCUT2D eigenvalue weighted by Crippen LogP contribution is -2.50. The molecule has 0 bridgehead atoms. The van der Waals surface area contributed by atoms with E-state index < -0.39 is 15.6 Å². The number of piperidine rings is 1. The number of β-amino-alcohol motifs (C(OH)–C–C–N with tert-alkyl or cyclic N) is 1. The molecule has 174 valence electrons. The highest BCUT2D eigenvalue weighted by atomic mass is 32.2. The van der Waals surface area contributed by atoms with Crippen molar-refractivity contribution in [1.82, 2.24) is 9.21 Å². The van der Waals surface area contributed by atoms with Crippen molar-refractivity contribution in [1.29, 1.82) is 0 Å². The Morgan fingerprint density at radius 1 is 0.871 bits per heavy atom. The summed E-state index contributed by atoms with van der Waals surface area (Å²) in [4.78, 5) is 2.82. The lowest BCUT2D eigenvalue weighted by Gasteiger charge is -2.48. The summed E-state index contributed by atoms with van der Waals surface area (Å²) in [7, 11) is -3.44. The van der Waals surface area contributed by atoms with Crippen molar-refractivity contribution >= 4 is 10.0 Å². The molecule has 3 aliphatic rings. The fourth-order valence-electron chi connectivity index (χ4n) is 5.74. The Kier molecular flexibility index (Phi) is 6.32. The molecule has 1 aliphatic carbocycles. The van der Waals surface area contributed by atoms with E-state index >= 15 is 0 Å². The Balaban J connectivity index is 1.35. The van der Waals surface area contributed by atoms with Crippen LogP contribution in [0.15, 0.2) is 29.2 Å². The third-order valence-corrected chi connectivity index (χ3v) is 10.0. The van der Waals surface area contributed by atoms with E-state index in [4.69, 9.17) is 0 Å². The minimum Gasteiger partial charge on any atom is -0.389 e. The van der Waals surface area contributed by atoms with Gasteiger partial charge in [0.15, 0.2) is 0 Å². The van der Waals surface area contributed by atoms with Crippen LogP contribution in [0.2, 0.25) is 0 Å². The van der Waals surface area contributed by atoms with Gasteiger partial charge in [0.2, 0.25) is 10.0 Å². The number of likely N-dealkylation sites (tertiary alicyclic amines) is 1. The molecule has 2 saturated heterocycles. The van der Waals surface area contributed by atoms with Gasteiger partial charge >= 0.3 is 0 Å². The monoisotopic (exact) mass is 448 g/mol. The van der Waals surface area contributed by atoms with Crippen molar-refractivity contribution in [2.75, 3.05) is 32.7 Å². The number of aliphatic hydroxyl groups is 1. The smallest absolute Gasteiger partial charge is 0.243 e. The summed E-state index contributed by atoms with van der Waals surface area (Å²) in [6.07, 6.45) is 8.07. The molecule has 0 aromatic heterocycles. The molecule has 5 nitrogen and oxygen atoms in total. The van der Waals surface area contributed by atoms with Gasteiger partial charge in [0.1, 0.15) is 0 Å². The zero-order valence-corrected chi connectivity index (χ0v) is 20.4. The number of benzene rings is 1. The molecule has 3 fully saturated rings. The third kappa shape index (κ3) is 5.02. The number of rotatable bonds is 4. The van der Waals surface area contributed by atoms with Crippen LogP contribution in [0.1, 0.15) is 77.7 Å². The maximum atomic E-state index is 13.2. The van der Waals surface area contributed by atoms with Gasteiger partial charge in [-0.2, -0.15) is 4.31 Å². The van der Waals surface area contributed by atoms with E-state index in [0.29, 0.717) is 18.0 Å². The van der Waals surface area contributed by atoms with Crippen molar-refractivity contribution in [3.05, 3.63) is 29.8 Å². The molecular formula is C25H40N2O3S. The van der Waals surface area contributed by atoms with Crippen LogP contribution in [0.4, 0.5) is 0 Å². The third-order valence-electron chi connectivity index (χ3n) is 8.10. The second-order valence-electron chi connectivity index (χ2n) is 11.4. The van der Waals surface area contributed by atoms with Crippen molar-refractivity contribution in [3.63, 3.8) is 0 Å². The number of sulfonamides is 1. The molecule has 1 aromatic rings. The van der Waals surface area contributed by atoms with Gasteiger partial charge in [0.05, 0.1) is 10.5 Å². The minimum atomic E-state index is -3.44. The Morgan fingerprint density at radius 2 is 1.42 bits per heavy atom. The first-order valence-electron chi connectivity index (χ1n) is 12.1. The number of nitrogens with zero attached hydrogens (tertiary/aromatic N) is 2. The zero-order chi connectivity index (χ0) is 22.3. The van der Waals surface area contributed by atoms with Gasteiger partial charge in [0.25, 0.3) is 0 Å². The molecule has 1 saturated carbocycles. The molecule has 0 radical (unpaired) electrons. The summed E-state index contributed by atoms with van der Waals surface area (Å²) < 4.78 is 28.1. The van der Waals surface area contributed by atoms with Crippen LogP contribution in [-0.2, 0) is 15.4 Å². The Hall–Kier alpha value is -0.950. The molecule has 1 spiro atoms. The molecule has 2 heterocycles. The average Bonchev–Trinajstić information content (AvgIpc) is 3.23. The van der Waals surface area contributed by atoms with Gasteiger partial charge in [-0.15, -0.1) is 0 Å². The molecule has 31 heavy (non-hydrogen) atoms. The van der Waals surface area contributed by atoms with E-state index in [0.717, 1.165) is 63.7 Å². The van der Waals surface area contributed by atoms with E-state index in [1.807, 2.05) is 12.1 Å². The van der Waals surface area contributed by atoms with Crippen LogP contribution < -0.4 is 0 Å². The van der Waals surface area contributed by atoms with E-state index in [2.05, 4.69) is 25.7 Å². The average molecular weight is 449 g/mol. The molecular weight excluding hydrogens is 408 g/mol. The van der Waals surface area contributed by atoms with E-state index in [1.54, 1.807) is 16.4 Å². The minimum absolute atomic E-state index is 0.0114. The Labute approximate surface area is 188 Å². The lowest BCUT2D eigenvalue weighted by molar-refractivity contribution is -0.0625. The van der Waals surface area contributed by atoms with Crippen molar-refractivity contribution in [2.24, 2.45) is 5.41 Å². The molecule has 6 heteroatoms. The summed E-state index contributed by atoms with van der Waals surface area (Å²) in [6.45, 7) is 10.6. The van der Waals surface area contributed by atoms with Crippen molar-refractivity contribution in [2.45, 2.75) is 88.0 Å². The summed E-state index contributed by atoms with van der Waals surface area (Å²) in [5.74, 6) is 0. The highest BCUT2D eigenvalue weighted by molar-refractivity contribution is 7.89. The van der Waals surface area contributed by atoms with Crippen LogP contribution in [0.5, 0.6) is 0 Å². The molecule has 2 aliphatic heterocycles. The van der Waals surface area contributed by atoms with E-state index in [9.17, 15) is 13.5 Å². The highest BCUT2D eigenvalue weighted by Gasteiger charge is 2.45. The number of hydrogen-bond donors (Lipinski definition) is 1. The predicted octanol–water partition coefficient (Wildman–Crippen LogP) is 4.16. The largest absolute Gasteiger partial charge is 0.389 e. The maximum absolute atomic E-state index is 13.2. The summed E-state index contributed by atoms with van der Waals surface area (Å²) >= 11 is 0. The Morgan fingerprint density at radius 3 is 1.94 bits per heavy atom. The van der Waals surface area contributed by atoms with Crippen LogP contribution in [-0.4, -0.2) is 61.1 Å². The predicted molar refractivity (Wildman–Crippen MR) is 125 cm³/mol. The quantitative estimate of drug-likeness (QED) is 0.751. The second-order valence-corrected chi connectivity index (χ2v) is 13.3. The molecule has 1 N–H and O–H groups in total. The molecule has 0 unspecified atom stereocenters. The highest BCUT2D eigenvalue weighted by Crippen LogP contribution is 2.48. The Bertz CT molecular complexity index is 849. The standard InChI is InChI=1S/C25H40N2O3S/c1-23(2,3)21-6-8-22(9-7-21)31(29,30)27-18-14-24(15-19-27)10-12-25(28,13-11-24)20-26-16-4-5-17-26/h6-9,28H,4-5,10-20H2,1-3H3. The van der Waals surface area contributed by atoms with Crippen molar-refractivity contribution in [3.8, 4) is 0 Å². The summed E-state index contributed by atoms with van der Waals surface area (Å²) in [5.41, 5.74) is 0.817. The van der Waals surface area contributed by atoms with Crippen LogP contribution in [0, 0.1) is 5.41 Å². The van der Waals surface area contributed by atoms with Crippen molar-refractivity contribution < 1.29 is 13.5 Å². The van der Waals surface area contributed by atoms with E-state index in [-0.39, 0.29) is 10.8 Å². The molecule has 0 amide bonds. The normalized spacial score (nSPS) is 25.2. The van der Waals surface area contributed by atoms with Gasteiger partial charge in [-0.25, -0.2) is 8.42 Å². The van der Waals surface area contributed by atoms with Gasteiger partial charge in [0, 0.05) is 19.6 Å². The van der Waals surface area contributed by atoms with Crippen LogP contribution in [0.25, 0.3) is 0 Å². The van der Waals surface area contributed by atoms with Crippen LogP contribution >= 0.6 is 0 Å². The maximum Gasteiger partial charge on any atom is 0.243 e. The molecule has 0 atom stereocenters. The first kappa shape index (κ1) is 23.2. The fourth-order valence-corrected chi connectivity index (χ4v) is 7.18. The second kappa shape index (κ2) is 8.44. The first-order chi connectivity index (χ1) is 14.5. The molecule has 4 rings (SSSR count). The van der Waals surface area contributed by atoms with Crippen LogP contribution in [0.3, 0.4) is 0 Å². The lowest BCUT2D eigenvalue weighted by atomic mass is 9.64. The van der Waals surface area contributed by atoms with E-state index in [1.165, 1.54) is 12.8 Å². The molecule has 1 aromatic carbocycles. The summed E-state index contributed by atoms with van der Waals surface area (Å²) in [6, 6.07) is 7.42.